The molecule has 1 aromatic rings. The van der Waals surface area contributed by atoms with Crippen molar-refractivity contribution in [2.75, 3.05) is 39.9 Å². The minimum absolute atomic E-state index is 0.165. The molecule has 5 nitrogen and oxygen atoms in total. The molecule has 0 spiro atoms. The maximum atomic E-state index is 12.6. The van der Waals surface area contributed by atoms with E-state index in [0.29, 0.717) is 19.1 Å². The Morgan fingerprint density at radius 2 is 2.21 bits per heavy atom. The number of nitrogens with one attached hydrogen (secondary N) is 1. The Balaban J connectivity index is 1.50. The van der Waals surface area contributed by atoms with Gasteiger partial charge < -0.3 is 15.0 Å². The maximum Gasteiger partial charge on any atom is 0.224 e. The highest BCUT2D eigenvalue weighted by atomic mass is 16.5. The first-order valence-electron chi connectivity index (χ1n) is 9.05. The fourth-order valence-corrected chi connectivity index (χ4v) is 3.64. The van der Waals surface area contributed by atoms with E-state index < -0.39 is 0 Å². The summed E-state index contributed by atoms with van der Waals surface area (Å²) in [4.78, 5) is 17.0. The van der Waals surface area contributed by atoms with Gasteiger partial charge in [-0.05, 0) is 24.9 Å². The molecule has 5 heteroatoms. The van der Waals surface area contributed by atoms with Crippen molar-refractivity contribution in [2.45, 2.75) is 37.9 Å². The van der Waals surface area contributed by atoms with Gasteiger partial charge in [0.2, 0.25) is 5.91 Å². The molecule has 0 aliphatic carbocycles. The van der Waals surface area contributed by atoms with E-state index in [-0.39, 0.29) is 11.9 Å². The molecule has 2 fully saturated rings. The predicted octanol–water partition coefficient (Wildman–Crippen LogP) is 1.49. The highest BCUT2D eigenvalue weighted by Gasteiger charge is 2.27. The molecule has 2 heterocycles. The van der Waals surface area contributed by atoms with E-state index in [9.17, 15) is 4.79 Å². The van der Waals surface area contributed by atoms with Crippen molar-refractivity contribution in [1.29, 1.82) is 0 Å². The van der Waals surface area contributed by atoms with Crippen LogP contribution in [0.25, 0.3) is 0 Å². The molecule has 2 saturated heterocycles. The van der Waals surface area contributed by atoms with E-state index >= 15 is 0 Å². The van der Waals surface area contributed by atoms with E-state index in [0.717, 1.165) is 45.6 Å². The average molecular weight is 331 g/mol. The van der Waals surface area contributed by atoms with Crippen LogP contribution in [0.1, 0.15) is 24.8 Å². The lowest BCUT2D eigenvalue weighted by Crippen LogP contribution is -2.50. The second-order valence-electron chi connectivity index (χ2n) is 6.95. The molecule has 2 atom stereocenters. The largest absolute Gasteiger partial charge is 0.378 e. The minimum atomic E-state index is 0.165. The van der Waals surface area contributed by atoms with Crippen molar-refractivity contribution in [2.24, 2.45) is 0 Å². The average Bonchev–Trinajstić information content (AvgIpc) is 2.63. The third-order valence-corrected chi connectivity index (χ3v) is 5.09. The molecule has 3 rings (SSSR count). The number of likely N-dealkylation sites (tertiary alicyclic amines) is 1. The number of nitrogens with zero attached hydrogens (tertiary/aromatic N) is 2. The Morgan fingerprint density at radius 1 is 1.38 bits per heavy atom. The summed E-state index contributed by atoms with van der Waals surface area (Å²) in [5, 5.41) is 3.37. The fraction of sp³-hybridized carbons (Fsp3) is 0.632. The van der Waals surface area contributed by atoms with Gasteiger partial charge in [-0.15, -0.1) is 0 Å². The van der Waals surface area contributed by atoms with Crippen LogP contribution in [0.4, 0.5) is 0 Å². The summed E-state index contributed by atoms with van der Waals surface area (Å²) in [7, 11) is 1.96. The van der Waals surface area contributed by atoms with Crippen LogP contribution in [0, 0.1) is 0 Å². The Morgan fingerprint density at radius 3 is 2.96 bits per heavy atom. The van der Waals surface area contributed by atoms with Crippen LogP contribution in [0.3, 0.4) is 0 Å². The number of ether oxygens (including phenoxy) is 1. The molecule has 1 amide bonds. The van der Waals surface area contributed by atoms with E-state index in [1.165, 1.54) is 5.56 Å². The first-order valence-corrected chi connectivity index (χ1v) is 9.05. The van der Waals surface area contributed by atoms with E-state index in [1.54, 1.807) is 0 Å². The van der Waals surface area contributed by atoms with Gasteiger partial charge in [0, 0.05) is 45.2 Å². The van der Waals surface area contributed by atoms with Crippen LogP contribution < -0.4 is 5.32 Å². The molecule has 0 aromatic heterocycles. The zero-order valence-electron chi connectivity index (χ0n) is 14.6. The van der Waals surface area contributed by atoms with Gasteiger partial charge in [-0.2, -0.15) is 0 Å². The number of likely N-dealkylation sites (N-methyl/N-ethyl adjacent to an activating group) is 1. The Hall–Kier alpha value is -1.43. The SMILES string of the molecule is CN(C(=O)CC1COCCN1)C1CCCN(Cc2ccccc2)C1. The molecular formula is C19H29N3O2. The van der Waals surface area contributed by atoms with Crippen molar-refractivity contribution >= 4 is 5.91 Å². The summed E-state index contributed by atoms with van der Waals surface area (Å²) in [6.07, 6.45) is 2.79. The van der Waals surface area contributed by atoms with Gasteiger partial charge in [0.05, 0.1) is 13.2 Å². The molecule has 2 aliphatic rings. The number of hydrogen-bond donors (Lipinski definition) is 1. The maximum absolute atomic E-state index is 12.6. The van der Waals surface area contributed by atoms with Crippen LogP contribution in [0.15, 0.2) is 30.3 Å². The van der Waals surface area contributed by atoms with Crippen molar-refractivity contribution < 1.29 is 9.53 Å². The lowest BCUT2D eigenvalue weighted by atomic mass is 10.0. The number of carbonyl (C=O) groups excluding carboxylic acids is 1. The highest BCUT2D eigenvalue weighted by molar-refractivity contribution is 5.77. The van der Waals surface area contributed by atoms with Crippen molar-refractivity contribution in [3.63, 3.8) is 0 Å². The Kier molecular flexibility index (Phi) is 6.24. The number of piperidine rings is 1. The van der Waals surface area contributed by atoms with Crippen LogP contribution in [0.2, 0.25) is 0 Å². The molecule has 1 aromatic carbocycles. The van der Waals surface area contributed by atoms with E-state index in [2.05, 4.69) is 40.5 Å². The van der Waals surface area contributed by atoms with Crippen molar-refractivity contribution in [3.8, 4) is 0 Å². The second kappa shape index (κ2) is 8.60. The number of hydrogen-bond acceptors (Lipinski definition) is 4. The standard InChI is InChI=1S/C19H29N3O2/c1-21(19(23)12-17-15-24-11-9-20-17)18-8-5-10-22(14-18)13-16-6-3-2-4-7-16/h2-4,6-7,17-18,20H,5,8-15H2,1H3. The minimum Gasteiger partial charge on any atom is -0.378 e. The highest BCUT2D eigenvalue weighted by Crippen LogP contribution is 2.18. The summed E-state index contributed by atoms with van der Waals surface area (Å²) in [6.45, 7) is 5.28. The van der Waals surface area contributed by atoms with Crippen molar-refractivity contribution in [3.05, 3.63) is 35.9 Å². The van der Waals surface area contributed by atoms with Gasteiger partial charge in [-0.1, -0.05) is 30.3 Å². The quantitative estimate of drug-likeness (QED) is 0.888. The van der Waals surface area contributed by atoms with Crippen LogP contribution in [0.5, 0.6) is 0 Å². The topological polar surface area (TPSA) is 44.8 Å². The second-order valence-corrected chi connectivity index (χ2v) is 6.95. The summed E-state index contributed by atoms with van der Waals surface area (Å²) in [6, 6.07) is 11.1. The normalized spacial score (nSPS) is 25.4. The van der Waals surface area contributed by atoms with Crippen molar-refractivity contribution in [1.82, 2.24) is 15.1 Å². The van der Waals surface area contributed by atoms with Gasteiger partial charge in [0.25, 0.3) is 0 Å². The fourth-order valence-electron chi connectivity index (χ4n) is 3.64. The summed E-state index contributed by atoms with van der Waals surface area (Å²) < 4.78 is 5.45. The Labute approximate surface area is 145 Å². The molecule has 0 bridgehead atoms. The van der Waals surface area contributed by atoms with Gasteiger partial charge in [-0.25, -0.2) is 0 Å². The zero-order valence-corrected chi connectivity index (χ0v) is 14.6. The summed E-state index contributed by atoms with van der Waals surface area (Å²) in [5.41, 5.74) is 1.34. The number of morpholine rings is 1. The van der Waals surface area contributed by atoms with E-state index in [4.69, 9.17) is 4.74 Å². The van der Waals surface area contributed by atoms with Gasteiger partial charge >= 0.3 is 0 Å². The lowest BCUT2D eigenvalue weighted by Gasteiger charge is -2.38. The van der Waals surface area contributed by atoms with Crippen LogP contribution >= 0.6 is 0 Å². The predicted molar refractivity (Wildman–Crippen MR) is 94.7 cm³/mol. The third kappa shape index (κ3) is 4.79. The first-order chi connectivity index (χ1) is 11.7. The lowest BCUT2D eigenvalue weighted by molar-refractivity contribution is -0.134. The molecule has 132 valence electrons. The molecule has 24 heavy (non-hydrogen) atoms. The zero-order chi connectivity index (χ0) is 16.8. The smallest absolute Gasteiger partial charge is 0.224 e. The molecule has 0 radical (unpaired) electrons. The molecule has 0 saturated carbocycles. The molecular weight excluding hydrogens is 302 g/mol. The van der Waals surface area contributed by atoms with Gasteiger partial charge in [0.15, 0.2) is 0 Å². The Bertz CT molecular complexity index is 517. The van der Waals surface area contributed by atoms with E-state index in [1.807, 2.05) is 11.9 Å². The van der Waals surface area contributed by atoms with Gasteiger partial charge in [0.1, 0.15) is 0 Å². The monoisotopic (exact) mass is 331 g/mol. The first kappa shape index (κ1) is 17.4. The number of benzene rings is 1. The molecule has 1 N–H and O–H groups in total. The molecule has 2 unspecified atom stereocenters. The third-order valence-electron chi connectivity index (χ3n) is 5.09. The summed E-state index contributed by atoms with van der Waals surface area (Å²) in [5.74, 6) is 0.226. The van der Waals surface area contributed by atoms with Crippen LogP contribution in [-0.2, 0) is 16.1 Å². The summed E-state index contributed by atoms with van der Waals surface area (Å²) >= 11 is 0. The number of amides is 1. The van der Waals surface area contributed by atoms with Gasteiger partial charge in [-0.3, -0.25) is 9.69 Å². The molecule has 2 aliphatic heterocycles. The number of carbonyl (C=O) groups is 1. The number of rotatable bonds is 5. The van der Waals surface area contributed by atoms with Crippen LogP contribution in [-0.4, -0.2) is 67.7 Å².